The summed E-state index contributed by atoms with van der Waals surface area (Å²) in [5, 5.41) is 3.14. The van der Waals surface area contributed by atoms with Crippen molar-refractivity contribution in [1.29, 1.82) is 0 Å². The molecule has 136 valence electrons. The lowest BCUT2D eigenvalue weighted by molar-refractivity contribution is -0.150. The maximum Gasteiger partial charge on any atom is 0.341 e. The van der Waals surface area contributed by atoms with Crippen molar-refractivity contribution < 1.29 is 23.9 Å². The molecule has 1 aromatic carbocycles. The van der Waals surface area contributed by atoms with E-state index < -0.39 is 23.9 Å². The van der Waals surface area contributed by atoms with Crippen LogP contribution in [0.5, 0.6) is 0 Å². The molecule has 7 heteroatoms. The van der Waals surface area contributed by atoms with Gasteiger partial charge in [0, 0.05) is 18.2 Å². The topological polar surface area (TPSA) is 81.7 Å². The zero-order valence-electron chi connectivity index (χ0n) is 14.8. The summed E-state index contributed by atoms with van der Waals surface area (Å²) in [7, 11) is 0. The van der Waals surface area contributed by atoms with Gasteiger partial charge in [0.25, 0.3) is 5.91 Å². The highest BCUT2D eigenvalue weighted by molar-refractivity contribution is 7.20. The van der Waals surface area contributed by atoms with Crippen LogP contribution < -0.4 is 5.32 Å². The molecule has 1 aliphatic rings. The molecule has 0 radical (unpaired) electrons. The molecule has 2 aromatic rings. The van der Waals surface area contributed by atoms with Gasteiger partial charge in [-0.3, -0.25) is 9.59 Å². The summed E-state index contributed by atoms with van der Waals surface area (Å²) in [6.07, 6.45) is -0.335. The van der Waals surface area contributed by atoms with Gasteiger partial charge in [-0.2, -0.15) is 0 Å². The van der Waals surface area contributed by atoms with Crippen molar-refractivity contribution in [3.8, 4) is 10.4 Å². The number of carbonyl (C=O) groups excluding carboxylic acids is 3. The van der Waals surface area contributed by atoms with Crippen LogP contribution in [0.3, 0.4) is 0 Å². The van der Waals surface area contributed by atoms with Gasteiger partial charge in [0.1, 0.15) is 5.00 Å². The largest absolute Gasteiger partial charge is 0.462 e. The number of thiophene rings is 1. The molecule has 0 fully saturated rings. The van der Waals surface area contributed by atoms with E-state index in [-0.39, 0.29) is 6.61 Å². The van der Waals surface area contributed by atoms with E-state index in [1.54, 1.807) is 6.92 Å². The second-order valence-corrected chi connectivity index (χ2v) is 6.93. The second-order valence-electron chi connectivity index (χ2n) is 5.91. The minimum Gasteiger partial charge on any atom is -0.462 e. The molecule has 0 saturated heterocycles. The number of anilines is 1. The Morgan fingerprint density at radius 1 is 1.27 bits per heavy atom. The molecule has 1 amide bonds. The summed E-state index contributed by atoms with van der Waals surface area (Å²) in [5.41, 5.74) is 3.45. The van der Waals surface area contributed by atoms with Gasteiger partial charge in [-0.25, -0.2) is 4.79 Å². The summed E-state index contributed by atoms with van der Waals surface area (Å²) in [5.74, 6) is -1.49. The van der Waals surface area contributed by atoms with E-state index in [4.69, 9.17) is 9.47 Å². The van der Waals surface area contributed by atoms with Crippen LogP contribution in [0.4, 0.5) is 5.00 Å². The Morgan fingerprint density at radius 3 is 2.69 bits per heavy atom. The monoisotopic (exact) mass is 373 g/mol. The van der Waals surface area contributed by atoms with Crippen LogP contribution in [0.2, 0.25) is 0 Å². The van der Waals surface area contributed by atoms with E-state index in [9.17, 15) is 14.4 Å². The van der Waals surface area contributed by atoms with Crippen LogP contribution >= 0.6 is 11.3 Å². The molecule has 0 bridgehead atoms. The van der Waals surface area contributed by atoms with Crippen LogP contribution in [0, 0.1) is 0 Å². The molecule has 1 aliphatic carbocycles. The van der Waals surface area contributed by atoms with Crippen molar-refractivity contribution in [3.63, 3.8) is 0 Å². The first kappa shape index (κ1) is 18.1. The Labute approximate surface area is 155 Å². The van der Waals surface area contributed by atoms with Crippen molar-refractivity contribution in [1.82, 2.24) is 0 Å². The maximum atomic E-state index is 12.5. The quantitative estimate of drug-likeness (QED) is 0.693. The smallest absolute Gasteiger partial charge is 0.341 e. The normalized spacial score (nSPS) is 12.7. The summed E-state index contributed by atoms with van der Waals surface area (Å²) in [6, 6.07) is 7.93. The molecule has 26 heavy (non-hydrogen) atoms. The average Bonchev–Trinajstić information content (AvgIpc) is 3.09. The van der Waals surface area contributed by atoms with Crippen LogP contribution in [0.15, 0.2) is 24.3 Å². The number of esters is 2. The number of rotatable bonds is 5. The zero-order chi connectivity index (χ0) is 18.8. The SMILES string of the molecule is CCOC(=O)c1c(NC(=O)[C@H](C)OC(C)=O)sc2c1Cc1ccccc1-2. The van der Waals surface area contributed by atoms with E-state index in [0.29, 0.717) is 17.0 Å². The molecule has 0 saturated carbocycles. The molecular formula is C19H19NO5S. The van der Waals surface area contributed by atoms with Crippen LogP contribution in [0.25, 0.3) is 10.4 Å². The van der Waals surface area contributed by atoms with E-state index in [1.165, 1.54) is 25.2 Å². The molecule has 1 atom stereocenters. The summed E-state index contributed by atoms with van der Waals surface area (Å²) in [6.45, 7) is 4.70. The third kappa shape index (κ3) is 3.35. The first-order valence-corrected chi connectivity index (χ1v) is 9.13. The Kier molecular flexibility index (Phi) is 5.08. The third-order valence-corrected chi connectivity index (χ3v) is 5.25. The number of carbonyl (C=O) groups is 3. The summed E-state index contributed by atoms with van der Waals surface area (Å²) in [4.78, 5) is 36.8. The molecule has 0 spiro atoms. The standard InChI is InChI=1S/C19H19NO5S/c1-4-24-19(23)15-14-9-12-7-5-6-8-13(12)16(14)26-18(15)20-17(22)10(2)25-11(3)21/h5-8,10H,4,9H2,1-3H3,(H,20,22)/t10-/m0/s1. The number of fused-ring (bicyclic) bond motifs is 3. The fourth-order valence-corrected chi connectivity index (χ4v) is 4.23. The molecule has 1 aromatic heterocycles. The third-order valence-electron chi connectivity index (χ3n) is 4.06. The molecular weight excluding hydrogens is 354 g/mol. The first-order chi connectivity index (χ1) is 12.4. The van der Waals surface area contributed by atoms with E-state index >= 15 is 0 Å². The molecule has 6 nitrogen and oxygen atoms in total. The van der Waals surface area contributed by atoms with E-state index in [2.05, 4.69) is 5.32 Å². The van der Waals surface area contributed by atoms with Gasteiger partial charge < -0.3 is 14.8 Å². The van der Waals surface area contributed by atoms with Crippen molar-refractivity contribution in [2.24, 2.45) is 0 Å². The highest BCUT2D eigenvalue weighted by Crippen LogP contribution is 2.47. The van der Waals surface area contributed by atoms with Crippen LogP contribution in [0.1, 0.15) is 42.3 Å². The van der Waals surface area contributed by atoms with Crippen molar-refractivity contribution in [3.05, 3.63) is 41.0 Å². The number of nitrogens with one attached hydrogen (secondary N) is 1. The van der Waals surface area contributed by atoms with Crippen molar-refractivity contribution in [2.75, 3.05) is 11.9 Å². The average molecular weight is 373 g/mol. The van der Waals surface area contributed by atoms with Gasteiger partial charge in [0.2, 0.25) is 0 Å². The van der Waals surface area contributed by atoms with E-state index in [0.717, 1.165) is 21.6 Å². The van der Waals surface area contributed by atoms with Crippen LogP contribution in [-0.2, 0) is 25.5 Å². The van der Waals surface area contributed by atoms with Crippen molar-refractivity contribution >= 4 is 34.2 Å². The van der Waals surface area contributed by atoms with E-state index in [1.807, 2.05) is 24.3 Å². The fraction of sp³-hybridized carbons (Fsp3) is 0.316. The van der Waals surface area contributed by atoms with Crippen molar-refractivity contribution in [2.45, 2.75) is 33.3 Å². The Bertz CT molecular complexity index is 886. The minimum atomic E-state index is -0.952. The Balaban J connectivity index is 1.97. The predicted molar refractivity (Wildman–Crippen MR) is 98.4 cm³/mol. The number of hydrogen-bond donors (Lipinski definition) is 1. The summed E-state index contributed by atoms with van der Waals surface area (Å²) < 4.78 is 10.1. The van der Waals surface area contributed by atoms with Gasteiger partial charge in [0.05, 0.1) is 12.2 Å². The molecule has 0 unspecified atom stereocenters. The number of benzene rings is 1. The molecule has 1 N–H and O–H groups in total. The minimum absolute atomic E-state index is 0.244. The number of amides is 1. The predicted octanol–water partition coefficient (Wildman–Crippen LogP) is 3.39. The second kappa shape index (κ2) is 7.29. The lowest BCUT2D eigenvalue weighted by atomic mass is 10.1. The maximum absolute atomic E-state index is 12.5. The lowest BCUT2D eigenvalue weighted by Gasteiger charge is -2.12. The molecule has 3 rings (SSSR count). The van der Waals surface area contributed by atoms with Gasteiger partial charge in [0.15, 0.2) is 6.10 Å². The first-order valence-electron chi connectivity index (χ1n) is 8.31. The van der Waals surface area contributed by atoms with Gasteiger partial charge in [-0.1, -0.05) is 24.3 Å². The van der Waals surface area contributed by atoms with Gasteiger partial charge in [-0.05, 0) is 30.5 Å². The van der Waals surface area contributed by atoms with Gasteiger partial charge in [-0.15, -0.1) is 11.3 Å². The zero-order valence-corrected chi connectivity index (χ0v) is 15.6. The molecule has 0 aliphatic heterocycles. The van der Waals surface area contributed by atoms with Crippen LogP contribution in [-0.4, -0.2) is 30.6 Å². The molecule has 1 heterocycles. The highest BCUT2D eigenvalue weighted by atomic mass is 32.1. The number of ether oxygens (including phenoxy) is 2. The Morgan fingerprint density at radius 2 is 2.00 bits per heavy atom. The van der Waals surface area contributed by atoms with Gasteiger partial charge >= 0.3 is 11.9 Å². The highest BCUT2D eigenvalue weighted by Gasteiger charge is 2.32. The lowest BCUT2D eigenvalue weighted by Crippen LogP contribution is -2.29. The Hall–Kier alpha value is -2.67. The fourth-order valence-electron chi connectivity index (χ4n) is 2.96. The number of hydrogen-bond acceptors (Lipinski definition) is 6. The summed E-state index contributed by atoms with van der Waals surface area (Å²) >= 11 is 1.34.